The Balaban J connectivity index is 2.04. The molecule has 1 aromatic carbocycles. The van der Waals surface area contributed by atoms with Crippen LogP contribution in [0.3, 0.4) is 0 Å². The fourth-order valence-electron chi connectivity index (χ4n) is 3.87. The van der Waals surface area contributed by atoms with E-state index in [1.807, 2.05) is 6.07 Å². The van der Waals surface area contributed by atoms with E-state index >= 15 is 0 Å². The Labute approximate surface area is 111 Å². The molecule has 0 saturated heterocycles. The number of carbonyl (C=O) groups excluding carboxylic acids is 1. The number of carbonyl (C=O) groups is 1. The van der Waals surface area contributed by atoms with E-state index in [-0.39, 0.29) is 4.32 Å². The van der Waals surface area contributed by atoms with Crippen molar-refractivity contribution in [3.63, 3.8) is 0 Å². The summed E-state index contributed by atoms with van der Waals surface area (Å²) in [6, 6.07) is 10.5. The standard InChI is InChI=1S/C15H17BrO/c16-15(10-17)13-8-6-12(7-9-13)14(15)11-4-2-1-3-5-11/h1-5,10,12-14H,6-9H2. The summed E-state index contributed by atoms with van der Waals surface area (Å²) < 4.78 is -0.310. The van der Waals surface area contributed by atoms with Crippen LogP contribution >= 0.6 is 15.9 Å². The number of aldehydes is 1. The minimum Gasteiger partial charge on any atom is -0.302 e. The molecule has 2 heteroatoms. The largest absolute Gasteiger partial charge is 0.302 e. The number of fused-ring (bicyclic) bond motifs is 3. The van der Waals surface area contributed by atoms with Crippen molar-refractivity contribution in [1.29, 1.82) is 0 Å². The van der Waals surface area contributed by atoms with Gasteiger partial charge in [-0.05, 0) is 43.1 Å². The molecule has 3 saturated carbocycles. The Morgan fingerprint density at radius 1 is 1.12 bits per heavy atom. The molecule has 3 aliphatic rings. The van der Waals surface area contributed by atoms with Crippen LogP contribution in [0.5, 0.6) is 0 Å². The number of halogens is 1. The second-order valence-electron chi connectivity index (χ2n) is 5.45. The highest BCUT2D eigenvalue weighted by atomic mass is 79.9. The quantitative estimate of drug-likeness (QED) is 0.596. The monoisotopic (exact) mass is 292 g/mol. The highest BCUT2D eigenvalue weighted by Crippen LogP contribution is 2.58. The molecule has 0 aromatic heterocycles. The predicted molar refractivity (Wildman–Crippen MR) is 72.4 cm³/mol. The van der Waals surface area contributed by atoms with Gasteiger partial charge < -0.3 is 4.79 Å². The fourth-order valence-corrected chi connectivity index (χ4v) is 4.96. The molecule has 90 valence electrons. The second-order valence-corrected chi connectivity index (χ2v) is 6.82. The highest BCUT2D eigenvalue weighted by Gasteiger charge is 2.53. The first-order valence-electron chi connectivity index (χ1n) is 6.46. The fraction of sp³-hybridized carbons (Fsp3) is 0.533. The lowest BCUT2D eigenvalue weighted by atomic mass is 9.57. The molecule has 0 radical (unpaired) electrons. The summed E-state index contributed by atoms with van der Waals surface area (Å²) in [7, 11) is 0. The topological polar surface area (TPSA) is 17.1 Å². The molecule has 0 aliphatic heterocycles. The zero-order valence-corrected chi connectivity index (χ0v) is 11.4. The van der Waals surface area contributed by atoms with Gasteiger partial charge in [0.25, 0.3) is 0 Å². The van der Waals surface area contributed by atoms with Crippen LogP contribution < -0.4 is 0 Å². The maximum atomic E-state index is 11.6. The Morgan fingerprint density at radius 2 is 1.76 bits per heavy atom. The zero-order chi connectivity index (χ0) is 11.9. The molecule has 3 aliphatic carbocycles. The number of alkyl halides is 1. The van der Waals surface area contributed by atoms with Crippen LogP contribution in [-0.4, -0.2) is 10.6 Å². The molecular formula is C15H17BrO. The van der Waals surface area contributed by atoms with E-state index in [0.29, 0.717) is 17.8 Å². The molecule has 1 aromatic rings. The van der Waals surface area contributed by atoms with Crippen LogP contribution in [0, 0.1) is 11.8 Å². The van der Waals surface area contributed by atoms with Gasteiger partial charge in [-0.3, -0.25) is 0 Å². The van der Waals surface area contributed by atoms with Crippen molar-refractivity contribution in [2.75, 3.05) is 0 Å². The lowest BCUT2D eigenvalue weighted by Crippen LogP contribution is -2.50. The van der Waals surface area contributed by atoms with Crippen molar-refractivity contribution in [2.45, 2.75) is 35.9 Å². The molecule has 2 atom stereocenters. The lowest BCUT2D eigenvalue weighted by Gasteiger charge is -2.52. The molecule has 0 spiro atoms. The van der Waals surface area contributed by atoms with Crippen LogP contribution in [0.15, 0.2) is 30.3 Å². The van der Waals surface area contributed by atoms with Crippen LogP contribution in [0.2, 0.25) is 0 Å². The highest BCUT2D eigenvalue weighted by molar-refractivity contribution is 9.10. The first kappa shape index (κ1) is 11.5. The van der Waals surface area contributed by atoms with Gasteiger partial charge in [-0.25, -0.2) is 0 Å². The Kier molecular flexibility index (Phi) is 2.86. The van der Waals surface area contributed by atoms with Gasteiger partial charge in [-0.1, -0.05) is 46.3 Å². The molecule has 0 heterocycles. The van der Waals surface area contributed by atoms with Crippen molar-refractivity contribution < 1.29 is 4.79 Å². The van der Waals surface area contributed by atoms with Gasteiger partial charge in [0, 0.05) is 5.92 Å². The summed E-state index contributed by atoms with van der Waals surface area (Å²) in [4.78, 5) is 11.6. The molecule has 2 bridgehead atoms. The summed E-state index contributed by atoms with van der Waals surface area (Å²) in [5.74, 6) is 1.57. The average molecular weight is 293 g/mol. The molecule has 3 fully saturated rings. The van der Waals surface area contributed by atoms with Gasteiger partial charge in [0.1, 0.15) is 6.29 Å². The number of hydrogen-bond acceptors (Lipinski definition) is 1. The van der Waals surface area contributed by atoms with Crippen molar-refractivity contribution in [1.82, 2.24) is 0 Å². The molecule has 0 N–H and O–H groups in total. The molecule has 0 amide bonds. The summed E-state index contributed by atoms with van der Waals surface area (Å²) in [6.07, 6.45) is 6.15. The van der Waals surface area contributed by atoms with Crippen molar-refractivity contribution >= 4 is 22.2 Å². The molecule has 17 heavy (non-hydrogen) atoms. The Morgan fingerprint density at radius 3 is 2.35 bits per heavy atom. The lowest BCUT2D eigenvalue weighted by molar-refractivity contribution is -0.114. The van der Waals surface area contributed by atoms with Crippen molar-refractivity contribution in [3.05, 3.63) is 35.9 Å². The first-order valence-corrected chi connectivity index (χ1v) is 7.25. The first-order chi connectivity index (χ1) is 8.25. The number of rotatable bonds is 2. The summed E-state index contributed by atoms with van der Waals surface area (Å²) in [5, 5.41) is 0. The average Bonchev–Trinajstić information content (AvgIpc) is 2.41. The summed E-state index contributed by atoms with van der Waals surface area (Å²) >= 11 is 3.79. The molecule has 1 nitrogen and oxygen atoms in total. The minimum atomic E-state index is -0.310. The van der Waals surface area contributed by atoms with E-state index in [1.54, 1.807) is 0 Å². The predicted octanol–water partition coefficient (Wildman–Crippen LogP) is 3.92. The van der Waals surface area contributed by atoms with Gasteiger partial charge in [-0.2, -0.15) is 0 Å². The van der Waals surface area contributed by atoms with Crippen LogP contribution in [0.1, 0.15) is 37.2 Å². The Hall–Kier alpha value is -0.630. The zero-order valence-electron chi connectivity index (χ0n) is 9.81. The third-order valence-corrected chi connectivity index (χ3v) is 6.01. The van der Waals surface area contributed by atoms with E-state index in [2.05, 4.69) is 40.2 Å². The van der Waals surface area contributed by atoms with E-state index in [0.717, 1.165) is 0 Å². The normalized spacial score (nSPS) is 40.2. The molecule has 2 unspecified atom stereocenters. The van der Waals surface area contributed by atoms with Crippen molar-refractivity contribution in [3.8, 4) is 0 Å². The maximum Gasteiger partial charge on any atom is 0.137 e. The van der Waals surface area contributed by atoms with Crippen LogP contribution in [0.4, 0.5) is 0 Å². The van der Waals surface area contributed by atoms with Crippen LogP contribution in [0.25, 0.3) is 0 Å². The van der Waals surface area contributed by atoms with Gasteiger partial charge in [0.2, 0.25) is 0 Å². The van der Waals surface area contributed by atoms with Gasteiger partial charge >= 0.3 is 0 Å². The second kappa shape index (κ2) is 4.24. The van der Waals surface area contributed by atoms with Crippen molar-refractivity contribution in [2.24, 2.45) is 11.8 Å². The molecule has 4 rings (SSSR count). The summed E-state index contributed by atoms with van der Waals surface area (Å²) in [6.45, 7) is 0. The van der Waals surface area contributed by atoms with E-state index in [9.17, 15) is 4.79 Å². The van der Waals surface area contributed by atoms with Crippen LogP contribution in [-0.2, 0) is 4.79 Å². The minimum absolute atomic E-state index is 0.310. The third-order valence-electron chi connectivity index (χ3n) is 4.68. The smallest absolute Gasteiger partial charge is 0.137 e. The Bertz CT molecular complexity index is 408. The molecular weight excluding hydrogens is 276 g/mol. The van der Waals surface area contributed by atoms with Gasteiger partial charge in [0.15, 0.2) is 0 Å². The van der Waals surface area contributed by atoms with E-state index < -0.39 is 0 Å². The van der Waals surface area contributed by atoms with Gasteiger partial charge in [0.05, 0.1) is 4.32 Å². The summed E-state index contributed by atoms with van der Waals surface area (Å²) in [5.41, 5.74) is 1.32. The van der Waals surface area contributed by atoms with Gasteiger partial charge in [-0.15, -0.1) is 0 Å². The van der Waals surface area contributed by atoms with E-state index in [4.69, 9.17) is 0 Å². The number of benzene rings is 1. The SMILES string of the molecule is O=CC1(Br)C2CCC(CC2)C1c1ccccc1. The maximum absolute atomic E-state index is 11.6. The third kappa shape index (κ3) is 1.69. The van der Waals surface area contributed by atoms with E-state index in [1.165, 1.54) is 37.5 Å². The number of hydrogen-bond donors (Lipinski definition) is 0.